The van der Waals surface area contributed by atoms with Crippen molar-refractivity contribution >= 4 is 39.0 Å². The number of fused-ring (bicyclic) bond motifs is 1. The molecular formula is C10H12ClN3S. The number of anilines is 1. The number of rotatable bonds is 5. The number of hydrogen-bond donors (Lipinski definition) is 1. The summed E-state index contributed by atoms with van der Waals surface area (Å²) >= 11 is 7.24. The average Bonchev–Trinajstić information content (AvgIpc) is 2.73. The van der Waals surface area contributed by atoms with Crippen LogP contribution in [0.2, 0.25) is 0 Å². The lowest BCUT2D eigenvalue weighted by Gasteiger charge is -2.04. The maximum atomic E-state index is 5.61. The Hall–Kier alpha value is -0.870. The molecular weight excluding hydrogens is 230 g/mol. The number of hydrogen-bond acceptors (Lipinski definition) is 4. The van der Waals surface area contributed by atoms with Crippen LogP contribution in [0.25, 0.3) is 10.2 Å². The summed E-state index contributed by atoms with van der Waals surface area (Å²) in [6.45, 7) is 0.911. The molecule has 0 aliphatic rings. The normalized spacial score (nSPS) is 10.7. The molecule has 0 spiro atoms. The van der Waals surface area contributed by atoms with Crippen LogP contribution in [0, 0.1) is 0 Å². The van der Waals surface area contributed by atoms with E-state index in [9.17, 15) is 0 Å². The van der Waals surface area contributed by atoms with Crippen molar-refractivity contribution in [1.29, 1.82) is 0 Å². The van der Waals surface area contributed by atoms with E-state index in [0.29, 0.717) is 0 Å². The summed E-state index contributed by atoms with van der Waals surface area (Å²) in [5, 5.41) is 6.44. The van der Waals surface area contributed by atoms with Gasteiger partial charge >= 0.3 is 0 Å². The quantitative estimate of drug-likeness (QED) is 0.646. The van der Waals surface area contributed by atoms with Crippen molar-refractivity contribution in [2.75, 3.05) is 17.7 Å². The van der Waals surface area contributed by atoms with Crippen molar-refractivity contribution in [2.24, 2.45) is 0 Å². The third-order valence-corrected chi connectivity index (χ3v) is 3.20. The van der Waals surface area contributed by atoms with Crippen molar-refractivity contribution in [2.45, 2.75) is 12.8 Å². The molecule has 0 aliphatic heterocycles. The Bertz CT molecular complexity index is 429. The maximum Gasteiger partial charge on any atom is 0.138 e. The van der Waals surface area contributed by atoms with Gasteiger partial charge in [0.15, 0.2) is 0 Å². The van der Waals surface area contributed by atoms with Gasteiger partial charge in [-0.2, -0.15) is 0 Å². The minimum Gasteiger partial charge on any atom is -0.369 e. The van der Waals surface area contributed by atoms with Gasteiger partial charge in [0.2, 0.25) is 0 Å². The van der Waals surface area contributed by atoms with Gasteiger partial charge in [0.05, 0.1) is 5.39 Å². The topological polar surface area (TPSA) is 37.8 Å². The summed E-state index contributed by atoms with van der Waals surface area (Å²) in [5.41, 5.74) is 0. The van der Waals surface area contributed by atoms with E-state index in [2.05, 4.69) is 15.3 Å². The summed E-state index contributed by atoms with van der Waals surface area (Å²) in [5.74, 6) is 1.65. The first-order valence-corrected chi connectivity index (χ1v) is 6.31. The summed E-state index contributed by atoms with van der Waals surface area (Å²) < 4.78 is 0. The Morgan fingerprint density at radius 2 is 2.27 bits per heavy atom. The molecule has 0 fully saturated rings. The summed E-state index contributed by atoms with van der Waals surface area (Å²) in [7, 11) is 0. The molecule has 0 saturated heterocycles. The Morgan fingerprint density at radius 1 is 1.33 bits per heavy atom. The number of nitrogens with one attached hydrogen (secondary N) is 1. The number of thiophene rings is 1. The van der Waals surface area contributed by atoms with E-state index >= 15 is 0 Å². The minimum absolute atomic E-state index is 0.722. The van der Waals surface area contributed by atoms with E-state index in [4.69, 9.17) is 11.6 Å². The fourth-order valence-corrected chi connectivity index (χ4v) is 2.28. The molecule has 1 N–H and O–H groups in total. The molecule has 0 radical (unpaired) electrons. The highest BCUT2D eigenvalue weighted by molar-refractivity contribution is 7.16. The minimum atomic E-state index is 0.722. The molecule has 0 amide bonds. The molecule has 5 heteroatoms. The fraction of sp³-hybridized carbons (Fsp3) is 0.400. The van der Waals surface area contributed by atoms with Crippen molar-refractivity contribution in [3.05, 3.63) is 17.8 Å². The number of unbranched alkanes of at least 4 members (excludes halogenated alkanes) is 1. The van der Waals surface area contributed by atoms with Gasteiger partial charge in [0.25, 0.3) is 0 Å². The second-order valence-electron chi connectivity index (χ2n) is 3.18. The van der Waals surface area contributed by atoms with Crippen LogP contribution in [0.3, 0.4) is 0 Å². The van der Waals surface area contributed by atoms with Crippen LogP contribution >= 0.6 is 22.9 Å². The Kier molecular flexibility index (Phi) is 3.75. The van der Waals surface area contributed by atoms with Gasteiger partial charge in [-0.3, -0.25) is 0 Å². The average molecular weight is 242 g/mol. The van der Waals surface area contributed by atoms with Crippen LogP contribution in [0.1, 0.15) is 12.8 Å². The SMILES string of the molecule is ClCCCCNc1ncnc2sccc12. The van der Waals surface area contributed by atoms with E-state index in [0.717, 1.165) is 41.3 Å². The van der Waals surface area contributed by atoms with E-state index in [1.54, 1.807) is 17.7 Å². The molecule has 0 unspecified atom stereocenters. The van der Waals surface area contributed by atoms with Crippen LogP contribution in [-0.2, 0) is 0 Å². The first-order chi connectivity index (χ1) is 7.42. The Morgan fingerprint density at radius 3 is 3.13 bits per heavy atom. The fourth-order valence-electron chi connectivity index (χ4n) is 1.36. The summed E-state index contributed by atoms with van der Waals surface area (Å²) in [6, 6.07) is 2.05. The monoisotopic (exact) mass is 241 g/mol. The smallest absolute Gasteiger partial charge is 0.138 e. The van der Waals surface area contributed by atoms with Gasteiger partial charge in [0, 0.05) is 12.4 Å². The third kappa shape index (κ3) is 2.58. The van der Waals surface area contributed by atoms with Crippen LogP contribution in [0.5, 0.6) is 0 Å². The van der Waals surface area contributed by atoms with Crippen LogP contribution < -0.4 is 5.32 Å². The molecule has 0 atom stereocenters. The molecule has 2 rings (SSSR count). The number of aromatic nitrogens is 2. The van der Waals surface area contributed by atoms with E-state index in [1.165, 1.54) is 0 Å². The molecule has 80 valence electrons. The van der Waals surface area contributed by atoms with Gasteiger partial charge in [-0.05, 0) is 24.3 Å². The van der Waals surface area contributed by atoms with Crippen molar-refractivity contribution in [3.63, 3.8) is 0 Å². The second kappa shape index (κ2) is 5.28. The molecule has 15 heavy (non-hydrogen) atoms. The highest BCUT2D eigenvalue weighted by Crippen LogP contribution is 2.23. The molecule has 3 nitrogen and oxygen atoms in total. The number of halogens is 1. The van der Waals surface area contributed by atoms with Gasteiger partial charge in [-0.15, -0.1) is 22.9 Å². The van der Waals surface area contributed by atoms with Crippen LogP contribution in [-0.4, -0.2) is 22.4 Å². The van der Waals surface area contributed by atoms with E-state index in [-0.39, 0.29) is 0 Å². The molecule has 2 heterocycles. The highest BCUT2D eigenvalue weighted by atomic mass is 35.5. The summed E-state index contributed by atoms with van der Waals surface area (Å²) in [6.07, 6.45) is 3.70. The van der Waals surface area contributed by atoms with Crippen LogP contribution in [0.15, 0.2) is 17.8 Å². The van der Waals surface area contributed by atoms with E-state index < -0.39 is 0 Å². The maximum absolute atomic E-state index is 5.61. The standard InChI is InChI=1S/C10H12ClN3S/c11-4-1-2-5-12-9-8-3-6-15-10(8)14-7-13-9/h3,6-7H,1-2,4-5H2,(H,12,13,14). The molecule has 0 aliphatic carbocycles. The van der Waals surface area contributed by atoms with Crippen LogP contribution in [0.4, 0.5) is 5.82 Å². The highest BCUT2D eigenvalue weighted by Gasteiger charge is 2.02. The van der Waals surface area contributed by atoms with Gasteiger partial charge in [-0.25, -0.2) is 9.97 Å². The number of alkyl halides is 1. The van der Waals surface area contributed by atoms with E-state index in [1.807, 2.05) is 11.4 Å². The largest absolute Gasteiger partial charge is 0.369 e. The molecule has 0 bridgehead atoms. The third-order valence-electron chi connectivity index (χ3n) is 2.11. The molecule has 2 aromatic heterocycles. The zero-order valence-corrected chi connectivity index (χ0v) is 9.81. The zero-order valence-electron chi connectivity index (χ0n) is 8.24. The van der Waals surface area contributed by atoms with Crippen molar-refractivity contribution in [3.8, 4) is 0 Å². The number of nitrogens with zero attached hydrogens (tertiary/aromatic N) is 2. The van der Waals surface area contributed by atoms with Gasteiger partial charge < -0.3 is 5.32 Å². The van der Waals surface area contributed by atoms with Crippen molar-refractivity contribution in [1.82, 2.24) is 9.97 Å². The first-order valence-electron chi connectivity index (χ1n) is 4.90. The second-order valence-corrected chi connectivity index (χ2v) is 4.46. The lowest BCUT2D eigenvalue weighted by molar-refractivity contribution is 0.837. The predicted molar refractivity (Wildman–Crippen MR) is 65.9 cm³/mol. The predicted octanol–water partition coefficient (Wildman–Crippen LogP) is 3.12. The molecule has 0 aromatic carbocycles. The summed E-state index contributed by atoms with van der Waals surface area (Å²) in [4.78, 5) is 9.45. The Labute approximate surface area is 97.5 Å². The van der Waals surface area contributed by atoms with Gasteiger partial charge in [0.1, 0.15) is 17.0 Å². The van der Waals surface area contributed by atoms with Crippen molar-refractivity contribution < 1.29 is 0 Å². The van der Waals surface area contributed by atoms with Gasteiger partial charge in [-0.1, -0.05) is 0 Å². The lowest BCUT2D eigenvalue weighted by atomic mass is 10.3. The zero-order chi connectivity index (χ0) is 10.5. The molecule has 0 saturated carbocycles. The lowest BCUT2D eigenvalue weighted by Crippen LogP contribution is -2.03. The first kappa shape index (κ1) is 10.6. The Balaban J connectivity index is 2.04. The molecule has 2 aromatic rings.